The van der Waals surface area contributed by atoms with E-state index < -0.39 is 0 Å². The molecular weight excluding hydrogens is 218 g/mol. The molecule has 0 aliphatic carbocycles. The number of benzene rings is 1. The van der Waals surface area contributed by atoms with Crippen LogP contribution in [0.15, 0.2) is 30.3 Å². The molecular formula is C13H17NOS. The lowest BCUT2D eigenvalue weighted by atomic mass is 10.0. The molecule has 1 aromatic rings. The van der Waals surface area contributed by atoms with Crippen LogP contribution >= 0.6 is 12.2 Å². The molecule has 0 aliphatic heterocycles. The van der Waals surface area contributed by atoms with Crippen LogP contribution in [0.25, 0.3) is 0 Å². The molecule has 86 valence electrons. The standard InChI is InChI=1S/C13H17NOS/c1-10(16)13(15)12(14(2)3)9-11-7-5-4-6-8-11/h4-8,12H,9H2,1-3H3. The van der Waals surface area contributed by atoms with Gasteiger partial charge in [-0.1, -0.05) is 42.5 Å². The maximum Gasteiger partial charge on any atom is 0.186 e. The molecule has 1 aromatic carbocycles. The van der Waals surface area contributed by atoms with Crippen LogP contribution in [0.1, 0.15) is 12.5 Å². The van der Waals surface area contributed by atoms with Crippen LogP contribution in [-0.4, -0.2) is 35.7 Å². The van der Waals surface area contributed by atoms with Crippen LogP contribution in [0, 0.1) is 0 Å². The minimum absolute atomic E-state index is 0.0452. The minimum atomic E-state index is -0.153. The molecule has 3 heteroatoms. The first-order chi connectivity index (χ1) is 7.52. The third-order valence-electron chi connectivity index (χ3n) is 2.54. The van der Waals surface area contributed by atoms with Gasteiger partial charge in [0.05, 0.1) is 10.9 Å². The van der Waals surface area contributed by atoms with E-state index in [4.69, 9.17) is 12.2 Å². The second kappa shape index (κ2) is 5.87. The van der Waals surface area contributed by atoms with Crippen molar-refractivity contribution in [2.75, 3.05) is 14.1 Å². The summed E-state index contributed by atoms with van der Waals surface area (Å²) in [5.41, 5.74) is 1.16. The molecule has 0 saturated carbocycles. The van der Waals surface area contributed by atoms with Gasteiger partial charge in [-0.15, -0.1) is 0 Å². The van der Waals surface area contributed by atoms with E-state index in [1.165, 1.54) is 0 Å². The van der Waals surface area contributed by atoms with Crippen molar-refractivity contribution < 1.29 is 4.79 Å². The predicted molar refractivity (Wildman–Crippen MR) is 70.9 cm³/mol. The number of likely N-dealkylation sites (N-methyl/N-ethyl adjacent to an activating group) is 1. The Morgan fingerprint density at radius 3 is 2.31 bits per heavy atom. The molecule has 0 aliphatic rings. The van der Waals surface area contributed by atoms with E-state index in [-0.39, 0.29) is 11.8 Å². The number of hydrogen-bond acceptors (Lipinski definition) is 3. The maximum absolute atomic E-state index is 11.9. The van der Waals surface area contributed by atoms with Crippen LogP contribution in [0.3, 0.4) is 0 Å². The van der Waals surface area contributed by atoms with Gasteiger partial charge in [0.25, 0.3) is 0 Å². The second-order valence-corrected chi connectivity index (χ2v) is 4.70. The molecule has 0 radical (unpaired) electrons. The average Bonchev–Trinajstić information content (AvgIpc) is 2.26. The van der Waals surface area contributed by atoms with Crippen molar-refractivity contribution in [3.63, 3.8) is 0 Å². The number of rotatable bonds is 5. The highest BCUT2D eigenvalue weighted by Gasteiger charge is 2.22. The highest BCUT2D eigenvalue weighted by atomic mass is 32.1. The van der Waals surface area contributed by atoms with Gasteiger partial charge in [0.15, 0.2) is 5.78 Å². The van der Waals surface area contributed by atoms with Crippen molar-refractivity contribution in [2.24, 2.45) is 0 Å². The first-order valence-corrected chi connectivity index (χ1v) is 5.68. The van der Waals surface area contributed by atoms with Gasteiger partial charge in [0, 0.05) is 0 Å². The van der Waals surface area contributed by atoms with Gasteiger partial charge in [-0.3, -0.25) is 9.69 Å². The lowest BCUT2D eigenvalue weighted by molar-refractivity contribution is -0.116. The Bertz CT molecular complexity index is 373. The molecule has 1 unspecified atom stereocenters. The summed E-state index contributed by atoms with van der Waals surface area (Å²) in [6, 6.07) is 9.85. The van der Waals surface area contributed by atoms with Crippen molar-refractivity contribution in [2.45, 2.75) is 19.4 Å². The van der Waals surface area contributed by atoms with Crippen LogP contribution < -0.4 is 0 Å². The topological polar surface area (TPSA) is 20.3 Å². The van der Waals surface area contributed by atoms with Crippen LogP contribution in [0.5, 0.6) is 0 Å². The normalized spacial score (nSPS) is 12.5. The number of ketones is 1. The van der Waals surface area contributed by atoms with E-state index >= 15 is 0 Å². The highest BCUT2D eigenvalue weighted by Crippen LogP contribution is 2.08. The molecule has 0 N–H and O–H groups in total. The van der Waals surface area contributed by atoms with Gasteiger partial charge in [-0.25, -0.2) is 0 Å². The fourth-order valence-corrected chi connectivity index (χ4v) is 1.72. The summed E-state index contributed by atoms with van der Waals surface area (Å²) in [4.78, 5) is 14.3. The Hall–Kier alpha value is -1.06. The lowest BCUT2D eigenvalue weighted by Gasteiger charge is -2.22. The number of carbonyl (C=O) groups excluding carboxylic acids is 1. The Morgan fingerprint density at radius 2 is 1.88 bits per heavy atom. The zero-order valence-corrected chi connectivity index (χ0v) is 10.8. The van der Waals surface area contributed by atoms with Crippen molar-refractivity contribution in [3.8, 4) is 0 Å². The van der Waals surface area contributed by atoms with E-state index in [1.807, 2.05) is 49.3 Å². The molecule has 0 heterocycles. The molecule has 1 rings (SSSR count). The quantitative estimate of drug-likeness (QED) is 0.729. The van der Waals surface area contributed by atoms with Crippen molar-refractivity contribution in [1.29, 1.82) is 0 Å². The monoisotopic (exact) mass is 235 g/mol. The lowest BCUT2D eigenvalue weighted by Crippen LogP contribution is -2.40. The van der Waals surface area contributed by atoms with Crippen LogP contribution in [-0.2, 0) is 11.2 Å². The van der Waals surface area contributed by atoms with Crippen LogP contribution in [0.4, 0.5) is 0 Å². The maximum atomic E-state index is 11.9. The summed E-state index contributed by atoms with van der Waals surface area (Å²) in [5.74, 6) is 0.0452. The molecule has 2 nitrogen and oxygen atoms in total. The number of Topliss-reactive ketones (excluding diaryl/α,β-unsaturated/α-hetero) is 1. The van der Waals surface area contributed by atoms with Gasteiger partial charge in [0.2, 0.25) is 0 Å². The zero-order chi connectivity index (χ0) is 12.1. The molecule has 0 bridgehead atoms. The first-order valence-electron chi connectivity index (χ1n) is 5.27. The fraction of sp³-hybridized carbons (Fsp3) is 0.385. The average molecular weight is 235 g/mol. The van der Waals surface area contributed by atoms with Gasteiger partial charge in [-0.05, 0) is 33.0 Å². The fourth-order valence-electron chi connectivity index (χ4n) is 1.58. The molecule has 0 fully saturated rings. The summed E-state index contributed by atoms with van der Waals surface area (Å²) in [5, 5.41) is 0. The molecule has 0 spiro atoms. The van der Waals surface area contributed by atoms with E-state index in [2.05, 4.69) is 0 Å². The zero-order valence-electron chi connectivity index (χ0n) is 9.93. The van der Waals surface area contributed by atoms with Crippen LogP contribution in [0.2, 0.25) is 0 Å². The summed E-state index contributed by atoms with van der Waals surface area (Å²) >= 11 is 4.95. The van der Waals surface area contributed by atoms with Gasteiger partial charge >= 0.3 is 0 Å². The van der Waals surface area contributed by atoms with Gasteiger partial charge in [-0.2, -0.15) is 0 Å². The first kappa shape index (κ1) is 13.0. The van der Waals surface area contributed by atoms with Crippen molar-refractivity contribution >= 4 is 22.9 Å². The molecule has 16 heavy (non-hydrogen) atoms. The third-order valence-corrected chi connectivity index (χ3v) is 2.75. The number of thiocarbonyl (C=S) groups is 1. The summed E-state index contributed by atoms with van der Waals surface area (Å²) < 4.78 is 0. The molecule has 0 amide bonds. The Balaban J connectivity index is 2.81. The molecule has 1 atom stereocenters. The third kappa shape index (κ3) is 3.51. The number of carbonyl (C=O) groups is 1. The van der Waals surface area contributed by atoms with E-state index in [1.54, 1.807) is 6.92 Å². The van der Waals surface area contributed by atoms with Gasteiger partial charge < -0.3 is 0 Å². The highest BCUT2D eigenvalue weighted by molar-refractivity contribution is 7.82. The number of hydrogen-bond donors (Lipinski definition) is 0. The Labute approximate surface area is 102 Å². The molecule has 0 aromatic heterocycles. The number of nitrogens with zero attached hydrogens (tertiary/aromatic N) is 1. The van der Waals surface area contributed by atoms with Crippen molar-refractivity contribution in [1.82, 2.24) is 4.90 Å². The van der Waals surface area contributed by atoms with Gasteiger partial charge in [0.1, 0.15) is 0 Å². The van der Waals surface area contributed by atoms with Crippen molar-refractivity contribution in [3.05, 3.63) is 35.9 Å². The second-order valence-electron chi connectivity index (χ2n) is 4.09. The Morgan fingerprint density at radius 1 is 1.31 bits per heavy atom. The SMILES string of the molecule is CC(=S)C(=O)C(Cc1ccccc1)N(C)C. The largest absolute Gasteiger partial charge is 0.299 e. The van der Waals surface area contributed by atoms with E-state index in [0.717, 1.165) is 5.56 Å². The summed E-state index contributed by atoms with van der Waals surface area (Å²) in [6.45, 7) is 1.69. The van der Waals surface area contributed by atoms with E-state index in [0.29, 0.717) is 11.3 Å². The predicted octanol–water partition coefficient (Wildman–Crippen LogP) is 2.12. The Kier molecular flexibility index (Phi) is 4.77. The summed E-state index contributed by atoms with van der Waals surface area (Å²) in [6.07, 6.45) is 0.709. The molecule has 0 saturated heterocycles. The summed E-state index contributed by atoms with van der Waals surface area (Å²) in [7, 11) is 3.81. The minimum Gasteiger partial charge on any atom is -0.299 e. The van der Waals surface area contributed by atoms with E-state index in [9.17, 15) is 4.79 Å². The smallest absolute Gasteiger partial charge is 0.186 e.